The third-order valence-corrected chi connectivity index (χ3v) is 7.25. The van der Waals surface area contributed by atoms with Gasteiger partial charge in [0, 0.05) is 48.6 Å². The number of nitrogens with one attached hydrogen (secondary N) is 2. The summed E-state index contributed by atoms with van der Waals surface area (Å²) >= 11 is 6.00. The monoisotopic (exact) mass is 490 g/mol. The molecule has 8 nitrogen and oxygen atoms in total. The zero-order valence-electron chi connectivity index (χ0n) is 18.4. The molecule has 1 aliphatic heterocycles. The van der Waals surface area contributed by atoms with Crippen molar-refractivity contribution in [3.8, 4) is 0 Å². The Bertz CT molecular complexity index is 1160. The summed E-state index contributed by atoms with van der Waals surface area (Å²) in [5.41, 5.74) is 0.686. The van der Waals surface area contributed by atoms with E-state index in [0.29, 0.717) is 53.6 Å². The maximum absolute atomic E-state index is 12.8. The number of aromatic nitrogens is 1. The molecular formula is C23H27ClN4O4S. The van der Waals surface area contributed by atoms with Crippen LogP contribution in [0, 0.1) is 5.92 Å². The Balaban J connectivity index is 1.50. The van der Waals surface area contributed by atoms with Crippen LogP contribution in [0.1, 0.15) is 42.5 Å². The maximum atomic E-state index is 12.8. The van der Waals surface area contributed by atoms with E-state index in [0.717, 1.165) is 31.9 Å². The van der Waals surface area contributed by atoms with Gasteiger partial charge in [-0.3, -0.25) is 9.59 Å². The summed E-state index contributed by atoms with van der Waals surface area (Å²) in [5.74, 6) is 0.511. The number of carbonyl (C=O) groups excluding carboxylic acids is 2. The SMILES string of the molecule is CS(=O)(=O)c1cnc(N2CCC(CC(=O)NC3CC3)CC2)c(NC(=O)c2cccc(Cl)c2)c1. The normalized spacial score (nSPS) is 17.0. The van der Waals surface area contributed by atoms with Crippen LogP contribution in [-0.4, -0.2) is 50.6 Å². The molecule has 0 radical (unpaired) electrons. The number of amides is 2. The number of piperidine rings is 1. The van der Waals surface area contributed by atoms with Crippen molar-refractivity contribution in [1.82, 2.24) is 10.3 Å². The molecule has 0 unspecified atom stereocenters. The summed E-state index contributed by atoms with van der Waals surface area (Å²) in [6, 6.07) is 8.32. The molecule has 2 fully saturated rings. The lowest BCUT2D eigenvalue weighted by Crippen LogP contribution is -2.37. The molecule has 0 atom stereocenters. The number of benzene rings is 1. The van der Waals surface area contributed by atoms with Crippen molar-refractivity contribution in [1.29, 1.82) is 0 Å². The molecule has 1 saturated heterocycles. The highest BCUT2D eigenvalue weighted by atomic mass is 35.5. The molecule has 176 valence electrons. The standard InChI is InChI=1S/C23H27ClN4O4S/c1-33(31,32)19-13-20(27-23(30)16-3-2-4-17(24)12-16)22(25-14-19)28-9-7-15(8-10-28)11-21(29)26-18-5-6-18/h2-4,12-15,18H,5-11H2,1H3,(H,26,29)(H,27,30). The number of carbonyl (C=O) groups is 2. The lowest BCUT2D eigenvalue weighted by molar-refractivity contribution is -0.122. The third-order valence-electron chi connectivity index (χ3n) is 5.94. The minimum Gasteiger partial charge on any atom is -0.355 e. The molecule has 2 aliphatic rings. The Hall–Kier alpha value is -2.65. The van der Waals surface area contributed by atoms with Crippen molar-refractivity contribution in [2.75, 3.05) is 29.6 Å². The molecule has 1 aromatic heterocycles. The molecule has 2 amide bonds. The molecule has 0 spiro atoms. The summed E-state index contributed by atoms with van der Waals surface area (Å²) in [6.45, 7) is 1.32. The van der Waals surface area contributed by atoms with Crippen LogP contribution in [0.4, 0.5) is 11.5 Å². The van der Waals surface area contributed by atoms with Gasteiger partial charge in [-0.1, -0.05) is 17.7 Å². The van der Waals surface area contributed by atoms with Gasteiger partial charge < -0.3 is 15.5 Å². The van der Waals surface area contributed by atoms with Gasteiger partial charge >= 0.3 is 0 Å². The summed E-state index contributed by atoms with van der Waals surface area (Å²) in [6.07, 6.45) is 6.71. The highest BCUT2D eigenvalue weighted by Gasteiger charge is 2.28. The van der Waals surface area contributed by atoms with Gasteiger partial charge in [0.25, 0.3) is 5.91 Å². The number of pyridine rings is 1. The summed E-state index contributed by atoms with van der Waals surface area (Å²) in [7, 11) is -3.51. The van der Waals surface area contributed by atoms with E-state index in [1.54, 1.807) is 24.3 Å². The number of rotatable bonds is 7. The van der Waals surface area contributed by atoms with Gasteiger partial charge in [0.05, 0.1) is 10.6 Å². The lowest BCUT2D eigenvalue weighted by atomic mass is 9.93. The molecule has 1 aromatic carbocycles. The Kier molecular flexibility index (Phi) is 6.90. The van der Waals surface area contributed by atoms with Gasteiger partial charge in [0.2, 0.25) is 5.91 Å². The zero-order chi connectivity index (χ0) is 23.6. The Morgan fingerprint density at radius 3 is 2.52 bits per heavy atom. The van der Waals surface area contributed by atoms with Crippen LogP contribution in [0.25, 0.3) is 0 Å². The fraction of sp³-hybridized carbons (Fsp3) is 0.435. The van der Waals surface area contributed by atoms with Gasteiger partial charge in [-0.15, -0.1) is 0 Å². The Labute approximate surface area is 198 Å². The number of hydrogen-bond acceptors (Lipinski definition) is 6. The Morgan fingerprint density at radius 2 is 1.88 bits per heavy atom. The molecule has 2 heterocycles. The molecule has 33 heavy (non-hydrogen) atoms. The lowest BCUT2D eigenvalue weighted by Gasteiger charge is -2.33. The van der Waals surface area contributed by atoms with Gasteiger partial charge in [0.1, 0.15) is 0 Å². The van der Waals surface area contributed by atoms with Crippen molar-refractivity contribution in [3.05, 3.63) is 47.1 Å². The van der Waals surface area contributed by atoms with Crippen LogP contribution in [0.3, 0.4) is 0 Å². The van der Waals surface area contributed by atoms with Crippen LogP contribution in [0.2, 0.25) is 5.02 Å². The molecular weight excluding hydrogens is 464 g/mol. The predicted octanol–water partition coefficient (Wildman–Crippen LogP) is 3.28. The molecule has 1 aliphatic carbocycles. The first kappa shape index (κ1) is 23.5. The maximum Gasteiger partial charge on any atom is 0.255 e. The largest absolute Gasteiger partial charge is 0.355 e. The molecule has 10 heteroatoms. The smallest absolute Gasteiger partial charge is 0.255 e. The van der Waals surface area contributed by atoms with E-state index in [9.17, 15) is 18.0 Å². The summed E-state index contributed by atoms with van der Waals surface area (Å²) in [5, 5.41) is 6.27. The van der Waals surface area contributed by atoms with E-state index in [1.165, 1.54) is 12.3 Å². The number of hydrogen-bond donors (Lipinski definition) is 2. The van der Waals surface area contributed by atoms with Gasteiger partial charge in [-0.25, -0.2) is 13.4 Å². The topological polar surface area (TPSA) is 108 Å². The van der Waals surface area contributed by atoms with E-state index in [-0.39, 0.29) is 10.8 Å². The number of nitrogens with zero attached hydrogens (tertiary/aromatic N) is 2. The second-order valence-corrected chi connectivity index (χ2v) is 11.2. The molecule has 1 saturated carbocycles. The second kappa shape index (κ2) is 9.69. The molecule has 0 bridgehead atoms. The molecule has 2 N–H and O–H groups in total. The van der Waals surface area contributed by atoms with Crippen LogP contribution < -0.4 is 15.5 Å². The summed E-state index contributed by atoms with van der Waals surface area (Å²) in [4.78, 5) is 31.4. The minimum absolute atomic E-state index is 0.0271. The van der Waals surface area contributed by atoms with E-state index in [1.807, 2.05) is 4.90 Å². The van der Waals surface area contributed by atoms with Crippen LogP contribution in [0.15, 0.2) is 41.4 Å². The average Bonchev–Trinajstić information content (AvgIpc) is 3.57. The number of sulfone groups is 1. The average molecular weight is 491 g/mol. The van der Waals surface area contributed by atoms with E-state index in [2.05, 4.69) is 15.6 Å². The van der Waals surface area contributed by atoms with Gasteiger partial charge in [-0.05, 0) is 55.9 Å². The van der Waals surface area contributed by atoms with Crippen LogP contribution >= 0.6 is 11.6 Å². The fourth-order valence-corrected chi connectivity index (χ4v) is 4.70. The van der Waals surface area contributed by atoms with Crippen molar-refractivity contribution < 1.29 is 18.0 Å². The van der Waals surface area contributed by atoms with Crippen LogP contribution in [0.5, 0.6) is 0 Å². The molecule has 2 aromatic rings. The molecule has 4 rings (SSSR count). The first-order chi connectivity index (χ1) is 15.7. The second-order valence-electron chi connectivity index (χ2n) is 8.76. The zero-order valence-corrected chi connectivity index (χ0v) is 20.0. The first-order valence-corrected chi connectivity index (χ1v) is 13.3. The minimum atomic E-state index is -3.51. The van der Waals surface area contributed by atoms with E-state index in [4.69, 9.17) is 11.6 Å². The number of halogens is 1. The van der Waals surface area contributed by atoms with Crippen molar-refractivity contribution in [2.24, 2.45) is 5.92 Å². The first-order valence-electron chi connectivity index (χ1n) is 11.0. The van der Waals surface area contributed by atoms with E-state index >= 15 is 0 Å². The van der Waals surface area contributed by atoms with Crippen LogP contribution in [-0.2, 0) is 14.6 Å². The van der Waals surface area contributed by atoms with Crippen molar-refractivity contribution in [2.45, 2.75) is 43.0 Å². The highest BCUT2D eigenvalue weighted by Crippen LogP contribution is 2.31. The third kappa shape index (κ3) is 6.23. The van der Waals surface area contributed by atoms with Gasteiger partial charge in [-0.2, -0.15) is 0 Å². The predicted molar refractivity (Wildman–Crippen MR) is 127 cm³/mol. The van der Waals surface area contributed by atoms with Gasteiger partial charge in [0.15, 0.2) is 15.7 Å². The number of anilines is 2. The van der Waals surface area contributed by atoms with Crippen molar-refractivity contribution >= 4 is 44.8 Å². The van der Waals surface area contributed by atoms with E-state index < -0.39 is 15.7 Å². The quantitative estimate of drug-likeness (QED) is 0.616. The fourth-order valence-electron chi connectivity index (χ4n) is 3.93. The van der Waals surface area contributed by atoms with Crippen molar-refractivity contribution in [3.63, 3.8) is 0 Å². The summed E-state index contributed by atoms with van der Waals surface area (Å²) < 4.78 is 24.2. The Morgan fingerprint density at radius 1 is 1.15 bits per heavy atom. The highest BCUT2D eigenvalue weighted by molar-refractivity contribution is 7.90.